The standard InChI is InChI=1S/C19H27N3O5/c20-13-15(23)12-17(24)21-8-6-19(7-9-21)14-22(18(25)27-19)10-11-26-16-4-2-1-3-5-16/h1-5,15,23H,6-14,20H2/t15-/m1/s1. The minimum Gasteiger partial charge on any atom is -0.492 e. The largest absolute Gasteiger partial charge is 0.492 e. The Bertz CT molecular complexity index is 646. The highest BCUT2D eigenvalue weighted by atomic mass is 16.6. The van der Waals surface area contributed by atoms with Gasteiger partial charge in [0.15, 0.2) is 0 Å². The van der Waals surface area contributed by atoms with Gasteiger partial charge < -0.3 is 30.1 Å². The van der Waals surface area contributed by atoms with Crippen molar-refractivity contribution in [3.05, 3.63) is 30.3 Å². The number of nitrogens with two attached hydrogens (primary N) is 1. The lowest BCUT2D eigenvalue weighted by atomic mass is 9.91. The van der Waals surface area contributed by atoms with E-state index in [9.17, 15) is 14.7 Å². The van der Waals surface area contributed by atoms with Gasteiger partial charge >= 0.3 is 6.09 Å². The van der Waals surface area contributed by atoms with E-state index in [1.165, 1.54) is 0 Å². The lowest BCUT2D eigenvalue weighted by molar-refractivity contribution is -0.136. The highest BCUT2D eigenvalue weighted by Gasteiger charge is 2.47. The van der Waals surface area contributed by atoms with Crippen molar-refractivity contribution in [2.45, 2.75) is 31.0 Å². The minimum atomic E-state index is -0.808. The number of nitrogens with zero attached hydrogens (tertiary/aromatic N) is 2. The Morgan fingerprint density at radius 1 is 1.30 bits per heavy atom. The molecule has 0 radical (unpaired) electrons. The highest BCUT2D eigenvalue weighted by Crippen LogP contribution is 2.33. The Kier molecular flexibility index (Phi) is 6.18. The first-order valence-electron chi connectivity index (χ1n) is 9.33. The average molecular weight is 377 g/mol. The molecule has 0 saturated carbocycles. The van der Waals surface area contributed by atoms with E-state index in [-0.39, 0.29) is 25.0 Å². The molecule has 2 amide bonds. The van der Waals surface area contributed by atoms with Crippen molar-refractivity contribution in [2.75, 3.05) is 39.3 Å². The number of hydrogen-bond acceptors (Lipinski definition) is 6. The molecule has 0 aromatic heterocycles. The Balaban J connectivity index is 1.45. The summed E-state index contributed by atoms with van der Waals surface area (Å²) >= 11 is 0. The molecule has 148 valence electrons. The van der Waals surface area contributed by atoms with Crippen LogP contribution in [0.3, 0.4) is 0 Å². The van der Waals surface area contributed by atoms with Gasteiger partial charge in [0.05, 0.1) is 25.6 Å². The van der Waals surface area contributed by atoms with Crippen LogP contribution in [0.1, 0.15) is 19.3 Å². The number of aliphatic hydroxyl groups excluding tert-OH is 1. The van der Waals surface area contributed by atoms with Gasteiger partial charge in [-0.1, -0.05) is 18.2 Å². The van der Waals surface area contributed by atoms with Crippen molar-refractivity contribution in [1.29, 1.82) is 0 Å². The van der Waals surface area contributed by atoms with Gasteiger partial charge in [-0.2, -0.15) is 0 Å². The zero-order valence-corrected chi connectivity index (χ0v) is 15.4. The molecule has 27 heavy (non-hydrogen) atoms. The van der Waals surface area contributed by atoms with E-state index in [1.807, 2.05) is 30.3 Å². The molecule has 2 aliphatic heterocycles. The number of carbonyl (C=O) groups is 2. The van der Waals surface area contributed by atoms with Crippen molar-refractivity contribution in [3.63, 3.8) is 0 Å². The van der Waals surface area contributed by atoms with Gasteiger partial charge in [0.1, 0.15) is 18.0 Å². The Labute approximate surface area is 158 Å². The zero-order valence-electron chi connectivity index (χ0n) is 15.4. The molecule has 1 atom stereocenters. The van der Waals surface area contributed by atoms with E-state index in [0.717, 1.165) is 5.75 Å². The third-order valence-corrected chi connectivity index (χ3v) is 5.12. The maximum atomic E-state index is 12.2. The fraction of sp³-hybridized carbons (Fsp3) is 0.579. The number of piperidine rings is 1. The number of ether oxygens (including phenoxy) is 2. The first-order chi connectivity index (χ1) is 13.0. The summed E-state index contributed by atoms with van der Waals surface area (Å²) in [6.45, 7) is 2.46. The summed E-state index contributed by atoms with van der Waals surface area (Å²) in [6, 6.07) is 9.46. The number of likely N-dealkylation sites (tertiary alicyclic amines) is 1. The van der Waals surface area contributed by atoms with Crippen molar-refractivity contribution in [1.82, 2.24) is 9.80 Å². The van der Waals surface area contributed by atoms with E-state index in [4.69, 9.17) is 15.2 Å². The number of hydrogen-bond donors (Lipinski definition) is 2. The predicted molar refractivity (Wildman–Crippen MR) is 98.2 cm³/mol. The van der Waals surface area contributed by atoms with Gasteiger partial charge in [0.25, 0.3) is 0 Å². The van der Waals surface area contributed by atoms with Gasteiger partial charge in [0, 0.05) is 32.5 Å². The van der Waals surface area contributed by atoms with Crippen LogP contribution in [0, 0.1) is 0 Å². The Hall–Kier alpha value is -2.32. The first kappa shape index (κ1) is 19.4. The van der Waals surface area contributed by atoms with E-state index in [2.05, 4.69) is 0 Å². The zero-order chi connectivity index (χ0) is 19.3. The summed E-state index contributed by atoms with van der Waals surface area (Å²) < 4.78 is 11.3. The van der Waals surface area contributed by atoms with E-state index in [1.54, 1.807) is 9.80 Å². The second-order valence-electron chi connectivity index (χ2n) is 7.11. The van der Waals surface area contributed by atoms with Crippen LogP contribution in [0.25, 0.3) is 0 Å². The van der Waals surface area contributed by atoms with Gasteiger partial charge in [-0.3, -0.25) is 4.79 Å². The third kappa shape index (κ3) is 4.90. The molecule has 2 fully saturated rings. The van der Waals surface area contributed by atoms with E-state index >= 15 is 0 Å². The van der Waals surface area contributed by atoms with Crippen molar-refractivity contribution < 1.29 is 24.2 Å². The van der Waals surface area contributed by atoms with Gasteiger partial charge in [0.2, 0.25) is 5.91 Å². The SMILES string of the molecule is NC[C@H](O)CC(=O)N1CCC2(CC1)CN(CCOc1ccccc1)C(=O)O2. The molecule has 0 unspecified atom stereocenters. The number of carbonyl (C=O) groups excluding carboxylic acids is 2. The fourth-order valence-electron chi connectivity index (χ4n) is 3.49. The number of rotatable bonds is 7. The molecule has 0 aliphatic carbocycles. The Morgan fingerprint density at radius 3 is 2.67 bits per heavy atom. The number of para-hydroxylation sites is 1. The maximum Gasteiger partial charge on any atom is 0.410 e. The van der Waals surface area contributed by atoms with Crippen LogP contribution >= 0.6 is 0 Å². The lowest BCUT2D eigenvalue weighted by Crippen LogP contribution is -2.49. The summed E-state index contributed by atoms with van der Waals surface area (Å²) in [7, 11) is 0. The van der Waals surface area contributed by atoms with Crippen molar-refractivity contribution >= 4 is 12.0 Å². The molecule has 1 spiro atoms. The molecule has 0 bridgehead atoms. The van der Waals surface area contributed by atoms with Crippen LogP contribution < -0.4 is 10.5 Å². The number of amides is 2. The Morgan fingerprint density at radius 2 is 2.00 bits per heavy atom. The van der Waals surface area contributed by atoms with E-state index < -0.39 is 11.7 Å². The van der Waals surface area contributed by atoms with Crippen LogP contribution in [-0.2, 0) is 9.53 Å². The van der Waals surface area contributed by atoms with Crippen molar-refractivity contribution in [2.24, 2.45) is 5.73 Å². The van der Waals surface area contributed by atoms with Crippen LogP contribution in [-0.4, -0.2) is 77.9 Å². The monoisotopic (exact) mass is 377 g/mol. The average Bonchev–Trinajstić information content (AvgIpc) is 2.98. The quantitative estimate of drug-likeness (QED) is 0.720. The van der Waals surface area contributed by atoms with Crippen LogP contribution in [0.4, 0.5) is 4.79 Å². The summed E-state index contributed by atoms with van der Waals surface area (Å²) in [6.07, 6.45) is 0.0906. The van der Waals surface area contributed by atoms with E-state index in [0.29, 0.717) is 45.6 Å². The summed E-state index contributed by atoms with van der Waals surface area (Å²) in [5.74, 6) is 0.659. The predicted octanol–water partition coefficient (Wildman–Crippen LogP) is 0.588. The lowest BCUT2D eigenvalue weighted by Gasteiger charge is -2.37. The number of aliphatic hydroxyl groups is 1. The summed E-state index contributed by atoms with van der Waals surface area (Å²) in [4.78, 5) is 27.7. The highest BCUT2D eigenvalue weighted by molar-refractivity contribution is 5.77. The molecule has 3 rings (SSSR count). The van der Waals surface area contributed by atoms with Crippen LogP contribution in [0.2, 0.25) is 0 Å². The molecular formula is C19H27N3O5. The van der Waals surface area contributed by atoms with Gasteiger partial charge in [-0.05, 0) is 12.1 Å². The van der Waals surface area contributed by atoms with Gasteiger partial charge in [-0.15, -0.1) is 0 Å². The fourth-order valence-corrected chi connectivity index (χ4v) is 3.49. The maximum absolute atomic E-state index is 12.2. The topological polar surface area (TPSA) is 105 Å². The number of benzene rings is 1. The second kappa shape index (κ2) is 8.58. The van der Waals surface area contributed by atoms with Crippen molar-refractivity contribution in [3.8, 4) is 5.75 Å². The smallest absolute Gasteiger partial charge is 0.410 e. The molecule has 1 aromatic rings. The van der Waals surface area contributed by atoms with Crippen LogP contribution in [0.15, 0.2) is 30.3 Å². The normalized spacial score (nSPS) is 19.9. The summed E-state index contributed by atoms with van der Waals surface area (Å²) in [5, 5.41) is 9.54. The molecule has 1 aromatic carbocycles. The third-order valence-electron chi connectivity index (χ3n) is 5.12. The minimum absolute atomic E-state index is 0.0340. The first-order valence-corrected chi connectivity index (χ1v) is 9.33. The molecule has 8 nitrogen and oxygen atoms in total. The molecule has 3 N–H and O–H groups in total. The van der Waals surface area contributed by atoms with Gasteiger partial charge in [-0.25, -0.2) is 4.79 Å². The molecular weight excluding hydrogens is 350 g/mol. The molecule has 2 saturated heterocycles. The summed E-state index contributed by atoms with van der Waals surface area (Å²) in [5.41, 5.74) is 4.82. The molecule has 2 aliphatic rings. The molecule has 8 heteroatoms. The second-order valence-corrected chi connectivity index (χ2v) is 7.11. The van der Waals surface area contributed by atoms with Crippen LogP contribution in [0.5, 0.6) is 5.75 Å². The molecule has 2 heterocycles.